The number of hydrogen-bond donors (Lipinski definition) is 2. The van der Waals surface area contributed by atoms with E-state index in [1.165, 1.54) is 5.56 Å². The number of amides is 1. The molecule has 2 aromatic carbocycles. The van der Waals surface area contributed by atoms with E-state index in [0.717, 1.165) is 42.1 Å². The zero-order valence-corrected chi connectivity index (χ0v) is 12.0. The second-order valence-corrected chi connectivity index (χ2v) is 5.05. The summed E-state index contributed by atoms with van der Waals surface area (Å²) < 4.78 is 5.11. The number of carbonyl (C=O) groups is 1. The fourth-order valence-electron chi connectivity index (χ4n) is 2.62. The molecule has 0 radical (unpaired) electrons. The Labute approximate surface area is 124 Å². The van der Waals surface area contributed by atoms with E-state index < -0.39 is 0 Å². The van der Waals surface area contributed by atoms with Gasteiger partial charge in [-0.25, -0.2) is 0 Å². The molecular weight excluding hydrogens is 264 g/mol. The van der Waals surface area contributed by atoms with Crippen LogP contribution in [0.25, 0.3) is 0 Å². The number of rotatable bonds is 3. The highest BCUT2D eigenvalue weighted by Gasteiger charge is 2.17. The molecule has 2 N–H and O–H groups in total. The minimum absolute atomic E-state index is 0.0566. The van der Waals surface area contributed by atoms with Crippen LogP contribution < -0.4 is 15.4 Å². The average molecular weight is 282 g/mol. The quantitative estimate of drug-likeness (QED) is 0.909. The van der Waals surface area contributed by atoms with Crippen LogP contribution in [0.1, 0.15) is 21.5 Å². The number of carbonyl (C=O) groups excluding carboxylic acids is 1. The number of anilines is 1. The van der Waals surface area contributed by atoms with E-state index in [9.17, 15) is 4.79 Å². The van der Waals surface area contributed by atoms with E-state index in [0.29, 0.717) is 0 Å². The Hall–Kier alpha value is -2.33. The summed E-state index contributed by atoms with van der Waals surface area (Å²) in [5, 5.41) is 6.27. The predicted octanol–water partition coefficient (Wildman–Crippen LogP) is 2.59. The van der Waals surface area contributed by atoms with Crippen LogP contribution in [0, 0.1) is 0 Å². The zero-order chi connectivity index (χ0) is 14.7. The highest BCUT2D eigenvalue weighted by atomic mass is 16.5. The largest absolute Gasteiger partial charge is 0.497 e. The Balaban J connectivity index is 1.82. The minimum Gasteiger partial charge on any atom is -0.497 e. The first-order valence-corrected chi connectivity index (χ1v) is 7.05. The van der Waals surface area contributed by atoms with Gasteiger partial charge in [-0.1, -0.05) is 12.1 Å². The molecule has 0 fully saturated rings. The molecule has 0 spiro atoms. The van der Waals surface area contributed by atoms with Crippen LogP contribution in [-0.4, -0.2) is 19.6 Å². The van der Waals surface area contributed by atoms with E-state index in [-0.39, 0.29) is 5.91 Å². The van der Waals surface area contributed by atoms with Gasteiger partial charge in [0.05, 0.1) is 7.11 Å². The molecule has 0 saturated carbocycles. The molecule has 0 saturated heterocycles. The van der Waals surface area contributed by atoms with Gasteiger partial charge in [-0.2, -0.15) is 0 Å². The summed E-state index contributed by atoms with van der Waals surface area (Å²) in [6.45, 7) is 1.75. The summed E-state index contributed by atoms with van der Waals surface area (Å²) in [4.78, 5) is 12.5. The van der Waals surface area contributed by atoms with Gasteiger partial charge < -0.3 is 15.4 Å². The third-order valence-electron chi connectivity index (χ3n) is 3.73. The zero-order valence-electron chi connectivity index (χ0n) is 12.0. The van der Waals surface area contributed by atoms with Crippen LogP contribution in [0.4, 0.5) is 5.69 Å². The second kappa shape index (κ2) is 5.97. The van der Waals surface area contributed by atoms with Crippen molar-refractivity contribution in [3.63, 3.8) is 0 Å². The van der Waals surface area contributed by atoms with Crippen molar-refractivity contribution < 1.29 is 9.53 Å². The van der Waals surface area contributed by atoms with Crippen LogP contribution in [0.15, 0.2) is 42.5 Å². The number of methoxy groups -OCH3 is 1. The van der Waals surface area contributed by atoms with Crippen molar-refractivity contribution in [3.05, 3.63) is 59.2 Å². The maximum absolute atomic E-state index is 12.5. The summed E-state index contributed by atoms with van der Waals surface area (Å²) in [7, 11) is 1.62. The van der Waals surface area contributed by atoms with Crippen LogP contribution in [0.3, 0.4) is 0 Å². The Bertz CT molecular complexity index is 650. The smallest absolute Gasteiger partial charge is 0.255 e. The van der Waals surface area contributed by atoms with E-state index in [2.05, 4.69) is 16.7 Å². The molecule has 108 valence electrons. The van der Waals surface area contributed by atoms with Crippen molar-refractivity contribution >= 4 is 11.6 Å². The monoisotopic (exact) mass is 282 g/mol. The fourth-order valence-corrected chi connectivity index (χ4v) is 2.62. The van der Waals surface area contributed by atoms with Gasteiger partial charge in [0.2, 0.25) is 0 Å². The summed E-state index contributed by atoms with van der Waals surface area (Å²) >= 11 is 0. The molecule has 4 nitrogen and oxygen atoms in total. The van der Waals surface area contributed by atoms with Crippen molar-refractivity contribution in [2.45, 2.75) is 13.0 Å². The van der Waals surface area contributed by atoms with Crippen molar-refractivity contribution in [3.8, 4) is 5.75 Å². The van der Waals surface area contributed by atoms with Crippen molar-refractivity contribution in [2.75, 3.05) is 19.0 Å². The highest BCUT2D eigenvalue weighted by molar-refractivity contribution is 6.05. The number of hydrogen-bond acceptors (Lipinski definition) is 3. The Morgan fingerprint density at radius 2 is 2.00 bits per heavy atom. The number of fused-ring (bicyclic) bond motifs is 1. The Kier molecular flexibility index (Phi) is 3.88. The SMILES string of the molecule is COc1ccc(NC(=O)c2cccc3c2CCNC3)cc1. The number of ether oxygens (including phenoxy) is 1. The second-order valence-electron chi connectivity index (χ2n) is 5.05. The topological polar surface area (TPSA) is 50.4 Å². The summed E-state index contributed by atoms with van der Waals surface area (Å²) in [5.74, 6) is 0.718. The molecule has 0 atom stereocenters. The normalized spacial score (nSPS) is 13.4. The fraction of sp³-hybridized carbons (Fsp3) is 0.235. The van der Waals surface area contributed by atoms with Gasteiger partial charge in [-0.3, -0.25) is 4.79 Å². The van der Waals surface area contributed by atoms with Gasteiger partial charge in [-0.05, 0) is 54.4 Å². The van der Waals surface area contributed by atoms with E-state index in [1.807, 2.05) is 36.4 Å². The molecule has 1 aliphatic heterocycles. The Morgan fingerprint density at radius 1 is 1.19 bits per heavy atom. The average Bonchev–Trinajstić information content (AvgIpc) is 2.55. The third kappa shape index (κ3) is 2.90. The number of nitrogens with one attached hydrogen (secondary N) is 2. The van der Waals surface area contributed by atoms with E-state index in [4.69, 9.17) is 4.74 Å². The first-order chi connectivity index (χ1) is 10.3. The standard InChI is InChI=1S/C17H18N2O2/c1-21-14-7-5-13(6-8-14)19-17(20)16-4-2-3-12-11-18-10-9-15(12)16/h2-8,18H,9-11H2,1H3,(H,19,20). The summed E-state index contributed by atoms with van der Waals surface area (Å²) in [5.41, 5.74) is 3.91. The van der Waals surface area contributed by atoms with Gasteiger partial charge in [-0.15, -0.1) is 0 Å². The molecule has 0 aromatic heterocycles. The van der Waals surface area contributed by atoms with Gasteiger partial charge in [0.25, 0.3) is 5.91 Å². The minimum atomic E-state index is -0.0566. The molecular formula is C17H18N2O2. The van der Waals surface area contributed by atoms with Crippen LogP contribution in [0.2, 0.25) is 0 Å². The molecule has 0 unspecified atom stereocenters. The van der Waals surface area contributed by atoms with Crippen molar-refractivity contribution in [1.29, 1.82) is 0 Å². The molecule has 1 aliphatic rings. The summed E-state index contributed by atoms with van der Waals surface area (Å²) in [6, 6.07) is 13.3. The first-order valence-electron chi connectivity index (χ1n) is 7.05. The maximum atomic E-state index is 12.5. The van der Waals surface area contributed by atoms with Gasteiger partial charge in [0, 0.05) is 17.8 Å². The molecule has 2 aromatic rings. The number of benzene rings is 2. The molecule has 3 rings (SSSR count). The molecule has 1 amide bonds. The maximum Gasteiger partial charge on any atom is 0.255 e. The lowest BCUT2D eigenvalue weighted by atomic mass is 9.95. The molecule has 1 heterocycles. The molecule has 0 bridgehead atoms. The lowest BCUT2D eigenvalue weighted by Crippen LogP contribution is -2.26. The molecule has 4 heteroatoms. The van der Waals surface area contributed by atoms with Crippen LogP contribution in [-0.2, 0) is 13.0 Å². The van der Waals surface area contributed by atoms with Crippen molar-refractivity contribution in [2.24, 2.45) is 0 Å². The Morgan fingerprint density at radius 3 is 2.76 bits per heavy atom. The first kappa shape index (κ1) is 13.6. The highest BCUT2D eigenvalue weighted by Crippen LogP contribution is 2.21. The summed E-state index contributed by atoms with van der Waals surface area (Å²) in [6.07, 6.45) is 0.890. The van der Waals surface area contributed by atoms with Gasteiger partial charge in [0.1, 0.15) is 5.75 Å². The van der Waals surface area contributed by atoms with Crippen LogP contribution >= 0.6 is 0 Å². The van der Waals surface area contributed by atoms with E-state index in [1.54, 1.807) is 7.11 Å². The third-order valence-corrected chi connectivity index (χ3v) is 3.73. The van der Waals surface area contributed by atoms with Crippen LogP contribution in [0.5, 0.6) is 5.75 Å². The lowest BCUT2D eigenvalue weighted by molar-refractivity contribution is 0.102. The lowest BCUT2D eigenvalue weighted by Gasteiger charge is -2.20. The van der Waals surface area contributed by atoms with Crippen molar-refractivity contribution in [1.82, 2.24) is 5.32 Å². The van der Waals surface area contributed by atoms with Gasteiger partial charge >= 0.3 is 0 Å². The molecule has 21 heavy (non-hydrogen) atoms. The van der Waals surface area contributed by atoms with Gasteiger partial charge in [0.15, 0.2) is 0 Å². The predicted molar refractivity (Wildman–Crippen MR) is 82.8 cm³/mol. The molecule has 0 aliphatic carbocycles. The van der Waals surface area contributed by atoms with E-state index >= 15 is 0 Å².